The molecule has 3 heteroatoms. The van der Waals surface area contributed by atoms with Crippen molar-refractivity contribution >= 4 is 17.3 Å². The molecule has 0 N–H and O–H groups in total. The van der Waals surface area contributed by atoms with E-state index in [1.54, 1.807) is 0 Å². The van der Waals surface area contributed by atoms with Crippen LogP contribution >= 0.6 is 11.6 Å². The van der Waals surface area contributed by atoms with Crippen molar-refractivity contribution in [3.63, 3.8) is 0 Å². The van der Waals surface area contributed by atoms with Gasteiger partial charge in [-0.25, -0.2) is 5.06 Å². The number of hydrogen-bond donors (Lipinski definition) is 0. The molecule has 1 aliphatic rings. The van der Waals surface area contributed by atoms with Crippen molar-refractivity contribution in [1.29, 1.82) is 0 Å². The van der Waals surface area contributed by atoms with E-state index in [2.05, 4.69) is 72.8 Å². The molecule has 0 saturated carbocycles. The first-order chi connectivity index (χ1) is 14.8. The molecule has 4 aromatic carbocycles. The number of benzene rings is 4. The highest BCUT2D eigenvalue weighted by molar-refractivity contribution is 6.30. The summed E-state index contributed by atoms with van der Waals surface area (Å²) in [5, 5.41) is 2.72. The molecule has 2 atom stereocenters. The first kappa shape index (κ1) is 18.9. The van der Waals surface area contributed by atoms with E-state index < -0.39 is 0 Å². The molecule has 0 spiro atoms. The van der Waals surface area contributed by atoms with Crippen LogP contribution in [-0.2, 0) is 4.84 Å². The number of anilines is 1. The lowest BCUT2D eigenvalue weighted by molar-refractivity contribution is 0.0836. The Kier molecular flexibility index (Phi) is 5.27. The maximum atomic E-state index is 6.45. The van der Waals surface area contributed by atoms with Crippen molar-refractivity contribution in [1.82, 2.24) is 0 Å². The van der Waals surface area contributed by atoms with E-state index in [0.717, 1.165) is 12.1 Å². The average molecular weight is 412 g/mol. The van der Waals surface area contributed by atoms with Crippen LogP contribution in [0.15, 0.2) is 109 Å². The van der Waals surface area contributed by atoms with Gasteiger partial charge in [0.15, 0.2) is 0 Å². The van der Waals surface area contributed by atoms with Crippen LogP contribution < -0.4 is 5.06 Å². The van der Waals surface area contributed by atoms with Gasteiger partial charge in [-0.05, 0) is 40.5 Å². The monoisotopic (exact) mass is 411 g/mol. The van der Waals surface area contributed by atoms with Crippen LogP contribution in [0.5, 0.6) is 0 Å². The van der Waals surface area contributed by atoms with Crippen molar-refractivity contribution < 1.29 is 4.84 Å². The molecular weight excluding hydrogens is 390 g/mol. The highest BCUT2D eigenvalue weighted by Gasteiger charge is 2.35. The summed E-state index contributed by atoms with van der Waals surface area (Å²) in [7, 11) is 0. The Hall–Kier alpha value is -3.07. The van der Waals surface area contributed by atoms with Gasteiger partial charge in [0.1, 0.15) is 6.10 Å². The van der Waals surface area contributed by atoms with Gasteiger partial charge in [0, 0.05) is 11.4 Å². The number of rotatable bonds is 4. The molecule has 0 amide bonds. The normalized spacial score (nSPS) is 18.5. The van der Waals surface area contributed by atoms with Crippen LogP contribution in [0.4, 0.5) is 5.69 Å². The lowest BCUT2D eigenvalue weighted by atomic mass is 9.96. The second kappa shape index (κ2) is 8.35. The van der Waals surface area contributed by atoms with E-state index in [1.165, 1.54) is 22.3 Å². The lowest BCUT2D eigenvalue weighted by Gasteiger charge is -2.25. The lowest BCUT2D eigenvalue weighted by Crippen LogP contribution is -2.21. The molecule has 30 heavy (non-hydrogen) atoms. The second-order valence-electron chi connectivity index (χ2n) is 7.55. The molecular formula is C27H22ClNO. The molecule has 5 rings (SSSR count). The molecule has 4 aromatic rings. The summed E-state index contributed by atoms with van der Waals surface area (Å²) in [5.74, 6) is 0. The minimum atomic E-state index is 0.00369. The summed E-state index contributed by atoms with van der Waals surface area (Å²) in [5.41, 5.74) is 5.83. The van der Waals surface area contributed by atoms with Crippen LogP contribution in [-0.4, -0.2) is 0 Å². The summed E-state index contributed by atoms with van der Waals surface area (Å²) in [6.45, 7) is 0. The van der Waals surface area contributed by atoms with Gasteiger partial charge in [0.2, 0.25) is 0 Å². The first-order valence-electron chi connectivity index (χ1n) is 10.2. The van der Waals surface area contributed by atoms with Gasteiger partial charge >= 0.3 is 0 Å². The molecule has 1 saturated heterocycles. The molecule has 0 radical (unpaired) electrons. The third-order valence-corrected chi connectivity index (χ3v) is 5.83. The quantitative estimate of drug-likeness (QED) is 0.342. The SMILES string of the molecule is Clc1cccc(N2OC(c3ccccc3)CC2c2ccc(-c3ccccc3)cc2)c1. The van der Waals surface area contributed by atoms with Gasteiger partial charge in [-0.2, -0.15) is 0 Å². The second-order valence-corrected chi connectivity index (χ2v) is 7.99. The third kappa shape index (κ3) is 3.85. The van der Waals surface area contributed by atoms with Crippen LogP contribution in [0.3, 0.4) is 0 Å². The predicted molar refractivity (Wildman–Crippen MR) is 123 cm³/mol. The van der Waals surface area contributed by atoms with Crippen molar-refractivity contribution in [2.45, 2.75) is 18.6 Å². The zero-order valence-corrected chi connectivity index (χ0v) is 17.2. The van der Waals surface area contributed by atoms with Gasteiger partial charge < -0.3 is 0 Å². The van der Waals surface area contributed by atoms with E-state index >= 15 is 0 Å². The average Bonchev–Trinajstić information content (AvgIpc) is 3.26. The minimum Gasteiger partial charge on any atom is -0.265 e. The van der Waals surface area contributed by atoms with Crippen molar-refractivity contribution in [2.75, 3.05) is 5.06 Å². The van der Waals surface area contributed by atoms with Gasteiger partial charge in [-0.1, -0.05) is 103 Å². The van der Waals surface area contributed by atoms with E-state index in [1.807, 2.05) is 41.5 Å². The Bertz CT molecular complexity index is 1110. The molecule has 148 valence electrons. The van der Waals surface area contributed by atoms with Crippen LogP contribution in [0.1, 0.15) is 29.7 Å². The minimum absolute atomic E-state index is 0.00369. The maximum Gasteiger partial charge on any atom is 0.113 e. The summed E-state index contributed by atoms with van der Waals surface area (Å²) >= 11 is 6.28. The number of hydrogen-bond acceptors (Lipinski definition) is 2. The topological polar surface area (TPSA) is 12.5 Å². The number of hydroxylamine groups is 1. The van der Waals surface area contributed by atoms with Crippen molar-refractivity contribution in [3.05, 3.63) is 125 Å². The Morgan fingerprint density at radius 1 is 0.667 bits per heavy atom. The smallest absolute Gasteiger partial charge is 0.113 e. The van der Waals surface area contributed by atoms with Gasteiger partial charge in [-0.3, -0.25) is 4.84 Å². The third-order valence-electron chi connectivity index (χ3n) is 5.60. The zero-order valence-electron chi connectivity index (χ0n) is 16.5. The molecule has 0 bridgehead atoms. The Balaban J connectivity index is 1.49. The fraction of sp³-hybridized carbons (Fsp3) is 0.111. The van der Waals surface area contributed by atoms with Crippen LogP contribution in [0.25, 0.3) is 11.1 Å². The highest BCUT2D eigenvalue weighted by atomic mass is 35.5. The summed E-state index contributed by atoms with van der Waals surface area (Å²) < 4.78 is 0. The number of halogens is 1. The van der Waals surface area contributed by atoms with Gasteiger partial charge in [-0.15, -0.1) is 0 Å². The largest absolute Gasteiger partial charge is 0.265 e. The molecule has 1 heterocycles. The maximum absolute atomic E-state index is 6.45. The molecule has 0 aromatic heterocycles. The summed E-state index contributed by atoms with van der Waals surface area (Å²) in [6.07, 6.45) is 0.880. The molecule has 1 fully saturated rings. The van der Waals surface area contributed by atoms with E-state index in [9.17, 15) is 0 Å². The summed E-state index contributed by atoms with van der Waals surface area (Å²) in [6, 6.07) is 37.6. The Morgan fingerprint density at radius 3 is 2.03 bits per heavy atom. The molecule has 2 nitrogen and oxygen atoms in total. The molecule has 1 aliphatic heterocycles. The van der Waals surface area contributed by atoms with Crippen molar-refractivity contribution in [2.24, 2.45) is 0 Å². The fourth-order valence-corrected chi connectivity index (χ4v) is 4.26. The summed E-state index contributed by atoms with van der Waals surface area (Å²) in [4.78, 5) is 6.45. The van der Waals surface area contributed by atoms with E-state index in [4.69, 9.17) is 16.4 Å². The Labute approximate surface area is 182 Å². The zero-order chi connectivity index (χ0) is 20.3. The van der Waals surface area contributed by atoms with Crippen LogP contribution in [0, 0.1) is 0 Å². The van der Waals surface area contributed by atoms with E-state index in [0.29, 0.717) is 5.02 Å². The van der Waals surface area contributed by atoms with E-state index in [-0.39, 0.29) is 12.1 Å². The Morgan fingerprint density at radius 2 is 1.33 bits per heavy atom. The number of nitrogens with zero attached hydrogens (tertiary/aromatic N) is 1. The standard InChI is InChI=1S/C27H22ClNO/c28-24-12-7-13-25(18-24)29-26(19-27(30-29)23-10-5-2-6-11-23)22-16-14-21(15-17-22)20-8-3-1-4-9-20/h1-18,26-27H,19H2. The van der Waals surface area contributed by atoms with Crippen molar-refractivity contribution in [3.8, 4) is 11.1 Å². The fourth-order valence-electron chi connectivity index (χ4n) is 4.07. The van der Waals surface area contributed by atoms with Gasteiger partial charge in [0.05, 0.1) is 11.7 Å². The predicted octanol–water partition coefficient (Wildman–Crippen LogP) is 7.63. The first-order valence-corrected chi connectivity index (χ1v) is 10.6. The molecule has 0 aliphatic carbocycles. The molecule has 2 unspecified atom stereocenters. The van der Waals surface area contributed by atoms with Gasteiger partial charge in [0.25, 0.3) is 0 Å². The van der Waals surface area contributed by atoms with Crippen LogP contribution in [0.2, 0.25) is 5.02 Å². The highest BCUT2D eigenvalue weighted by Crippen LogP contribution is 2.44.